The summed E-state index contributed by atoms with van der Waals surface area (Å²) >= 11 is 1.29. The Kier molecular flexibility index (Phi) is 3.36. The molecule has 0 saturated heterocycles. The topological polar surface area (TPSA) is 58.6 Å². The molecule has 1 N–H and O–H groups in total. The normalized spacial score (nSPS) is 11.3. The number of aromatic amines is 1. The molecule has 0 aromatic carbocycles. The maximum Gasteiger partial charge on any atom is 0.186 e. The average Bonchev–Trinajstić information content (AvgIpc) is 2.71. The van der Waals surface area contributed by atoms with Gasteiger partial charge in [0.05, 0.1) is 11.8 Å². The molecule has 0 bridgehead atoms. The molecule has 0 atom stereocenters. The molecule has 0 fully saturated rings. The molecule has 2 aromatic rings. The predicted octanol–water partition coefficient (Wildman–Crippen LogP) is 2.25. The second-order valence-electron chi connectivity index (χ2n) is 3.25. The minimum absolute atomic E-state index is 0.131. The van der Waals surface area contributed by atoms with Gasteiger partial charge in [0.15, 0.2) is 10.8 Å². The third kappa shape index (κ3) is 2.70. The third-order valence-corrected chi connectivity index (χ3v) is 2.75. The lowest BCUT2D eigenvalue weighted by atomic mass is 10.2. The van der Waals surface area contributed by atoms with E-state index in [0.29, 0.717) is 5.75 Å². The molecule has 2 rings (SSSR count). The van der Waals surface area contributed by atoms with Gasteiger partial charge in [0.25, 0.3) is 0 Å². The lowest BCUT2D eigenvalue weighted by molar-refractivity contribution is -0.109. The van der Waals surface area contributed by atoms with E-state index in [9.17, 15) is 4.79 Å². The minimum atomic E-state index is 0.131. The zero-order valence-corrected chi connectivity index (χ0v) is 9.62. The molecule has 4 nitrogen and oxygen atoms in total. The standard InChI is InChI=1S/C11H11N3OS/c1-8(15)16-4-2-3-9-5-10-11(12-6-9)14-7-13-10/h2-3,5-7H,4H2,1H3,(H,12,13,14). The van der Waals surface area contributed by atoms with Gasteiger partial charge in [-0.2, -0.15) is 0 Å². The van der Waals surface area contributed by atoms with Gasteiger partial charge in [0.1, 0.15) is 0 Å². The number of H-pyrrole nitrogens is 1. The van der Waals surface area contributed by atoms with Crippen molar-refractivity contribution in [1.29, 1.82) is 0 Å². The fourth-order valence-corrected chi connectivity index (χ4v) is 1.71. The highest BCUT2D eigenvalue weighted by Crippen LogP contribution is 2.10. The van der Waals surface area contributed by atoms with E-state index in [1.165, 1.54) is 11.8 Å². The summed E-state index contributed by atoms with van der Waals surface area (Å²) in [5.41, 5.74) is 2.64. The summed E-state index contributed by atoms with van der Waals surface area (Å²) in [6, 6.07) is 1.98. The van der Waals surface area contributed by atoms with Crippen molar-refractivity contribution >= 4 is 34.1 Å². The Labute approximate surface area is 97.2 Å². The molecule has 0 aliphatic carbocycles. The van der Waals surface area contributed by atoms with Crippen molar-refractivity contribution in [2.75, 3.05) is 5.75 Å². The number of aromatic nitrogens is 3. The zero-order valence-electron chi connectivity index (χ0n) is 8.80. The van der Waals surface area contributed by atoms with E-state index in [-0.39, 0.29) is 5.12 Å². The summed E-state index contributed by atoms with van der Waals surface area (Å²) in [6.45, 7) is 1.57. The summed E-state index contributed by atoms with van der Waals surface area (Å²) in [5.74, 6) is 0.691. The second kappa shape index (κ2) is 4.94. The highest BCUT2D eigenvalue weighted by atomic mass is 32.2. The molecule has 0 radical (unpaired) electrons. The molecule has 16 heavy (non-hydrogen) atoms. The predicted molar refractivity (Wildman–Crippen MR) is 66.1 cm³/mol. The molecule has 0 aliphatic heterocycles. The lowest BCUT2D eigenvalue weighted by Gasteiger charge is -1.93. The number of nitrogens with one attached hydrogen (secondary N) is 1. The molecule has 5 heteroatoms. The summed E-state index contributed by atoms with van der Waals surface area (Å²) in [5, 5.41) is 0.131. The fraction of sp³-hybridized carbons (Fsp3) is 0.182. The van der Waals surface area contributed by atoms with E-state index < -0.39 is 0 Å². The van der Waals surface area contributed by atoms with Crippen molar-refractivity contribution < 1.29 is 4.79 Å². The van der Waals surface area contributed by atoms with Crippen LogP contribution in [0.15, 0.2) is 24.7 Å². The van der Waals surface area contributed by atoms with Crippen molar-refractivity contribution in [1.82, 2.24) is 15.0 Å². The number of thioether (sulfide) groups is 1. The minimum Gasteiger partial charge on any atom is -0.343 e. The Morgan fingerprint density at radius 2 is 2.44 bits per heavy atom. The van der Waals surface area contributed by atoms with E-state index in [1.54, 1.807) is 19.4 Å². The molecule has 0 spiro atoms. The molecular formula is C11H11N3OS. The number of carbonyl (C=O) groups is 1. The number of fused-ring (bicyclic) bond motifs is 1. The van der Waals surface area contributed by atoms with Crippen molar-refractivity contribution in [2.24, 2.45) is 0 Å². The Hall–Kier alpha value is -1.62. The number of pyridine rings is 1. The number of rotatable bonds is 3. The highest BCUT2D eigenvalue weighted by molar-refractivity contribution is 8.13. The van der Waals surface area contributed by atoms with Crippen LogP contribution in [-0.2, 0) is 4.79 Å². The number of hydrogen-bond donors (Lipinski definition) is 1. The summed E-state index contributed by atoms with van der Waals surface area (Å²) in [4.78, 5) is 21.9. The van der Waals surface area contributed by atoms with Crippen molar-refractivity contribution in [3.63, 3.8) is 0 Å². The first-order valence-corrected chi connectivity index (χ1v) is 5.83. The van der Waals surface area contributed by atoms with Crippen LogP contribution in [0.4, 0.5) is 0 Å². The first-order chi connectivity index (χ1) is 7.75. The van der Waals surface area contributed by atoms with Gasteiger partial charge in [0.2, 0.25) is 0 Å². The summed E-state index contributed by atoms with van der Waals surface area (Å²) < 4.78 is 0. The quantitative estimate of drug-likeness (QED) is 0.883. The van der Waals surface area contributed by atoms with Gasteiger partial charge in [-0.1, -0.05) is 23.9 Å². The Balaban J connectivity index is 2.06. The van der Waals surface area contributed by atoms with Crippen LogP contribution < -0.4 is 0 Å². The molecule has 2 aromatic heterocycles. The van der Waals surface area contributed by atoms with Gasteiger partial charge >= 0.3 is 0 Å². The molecule has 0 unspecified atom stereocenters. The van der Waals surface area contributed by atoms with Crippen molar-refractivity contribution in [3.05, 3.63) is 30.2 Å². The zero-order chi connectivity index (χ0) is 11.4. The molecule has 82 valence electrons. The van der Waals surface area contributed by atoms with Gasteiger partial charge in [-0.15, -0.1) is 0 Å². The summed E-state index contributed by atoms with van der Waals surface area (Å²) in [7, 11) is 0. The first kappa shape index (κ1) is 10.9. The van der Waals surface area contributed by atoms with Gasteiger partial charge < -0.3 is 4.98 Å². The van der Waals surface area contributed by atoms with Gasteiger partial charge in [-0.3, -0.25) is 4.79 Å². The number of imidazole rings is 1. The van der Waals surface area contributed by atoms with Crippen LogP contribution in [0.1, 0.15) is 12.5 Å². The van der Waals surface area contributed by atoms with E-state index in [0.717, 1.165) is 16.7 Å². The van der Waals surface area contributed by atoms with E-state index in [2.05, 4.69) is 15.0 Å². The van der Waals surface area contributed by atoms with Crippen molar-refractivity contribution in [2.45, 2.75) is 6.92 Å². The van der Waals surface area contributed by atoms with Gasteiger partial charge in [-0.25, -0.2) is 9.97 Å². The maximum absolute atomic E-state index is 10.7. The largest absolute Gasteiger partial charge is 0.343 e. The molecule has 0 saturated carbocycles. The number of nitrogens with zero attached hydrogens (tertiary/aromatic N) is 2. The molecular weight excluding hydrogens is 222 g/mol. The lowest BCUT2D eigenvalue weighted by Crippen LogP contribution is -1.82. The third-order valence-electron chi connectivity index (χ3n) is 1.99. The maximum atomic E-state index is 10.7. The monoisotopic (exact) mass is 233 g/mol. The molecule has 2 heterocycles. The van der Waals surface area contributed by atoms with E-state index >= 15 is 0 Å². The van der Waals surface area contributed by atoms with Gasteiger partial charge in [-0.05, 0) is 11.6 Å². The molecule has 0 aliphatic rings. The van der Waals surface area contributed by atoms with Crippen molar-refractivity contribution in [3.8, 4) is 0 Å². The smallest absolute Gasteiger partial charge is 0.186 e. The van der Waals surface area contributed by atoms with Gasteiger partial charge in [0, 0.05) is 18.9 Å². The first-order valence-electron chi connectivity index (χ1n) is 4.85. The highest BCUT2D eigenvalue weighted by Gasteiger charge is 1.96. The van der Waals surface area contributed by atoms with Crippen LogP contribution in [-0.4, -0.2) is 25.8 Å². The fourth-order valence-electron chi connectivity index (χ4n) is 1.29. The Morgan fingerprint density at radius 3 is 3.25 bits per heavy atom. The average molecular weight is 233 g/mol. The van der Waals surface area contributed by atoms with Crippen LogP contribution in [0.2, 0.25) is 0 Å². The number of carbonyl (C=O) groups excluding carboxylic acids is 1. The van der Waals surface area contributed by atoms with Crippen LogP contribution in [0.3, 0.4) is 0 Å². The Bertz CT molecular complexity index is 533. The SMILES string of the molecule is CC(=O)SCC=Cc1cnc2nc[nH]c2c1. The summed E-state index contributed by atoms with van der Waals surface area (Å²) in [6.07, 6.45) is 7.28. The second-order valence-corrected chi connectivity index (χ2v) is 4.44. The van der Waals surface area contributed by atoms with Crippen LogP contribution in [0.5, 0.6) is 0 Å². The Morgan fingerprint density at radius 1 is 1.56 bits per heavy atom. The van der Waals surface area contributed by atoms with E-state index in [4.69, 9.17) is 0 Å². The van der Waals surface area contributed by atoms with Crippen LogP contribution in [0, 0.1) is 0 Å². The van der Waals surface area contributed by atoms with Crippen LogP contribution >= 0.6 is 11.8 Å². The number of hydrogen-bond acceptors (Lipinski definition) is 4. The van der Waals surface area contributed by atoms with Crippen LogP contribution in [0.25, 0.3) is 17.2 Å². The molecule has 0 amide bonds. The van der Waals surface area contributed by atoms with E-state index in [1.807, 2.05) is 18.2 Å².